The van der Waals surface area contributed by atoms with E-state index in [0.29, 0.717) is 0 Å². The molecule has 0 aromatic carbocycles. The van der Waals surface area contributed by atoms with Crippen molar-refractivity contribution in [3.8, 4) is 0 Å². The lowest BCUT2D eigenvalue weighted by Crippen LogP contribution is -2.40. The Bertz CT molecular complexity index is 189. The van der Waals surface area contributed by atoms with E-state index in [-0.39, 0.29) is 5.54 Å². The van der Waals surface area contributed by atoms with Crippen LogP contribution in [0.25, 0.3) is 0 Å². The topological polar surface area (TPSA) is 35.2 Å². The Morgan fingerprint density at radius 2 is 2.00 bits per heavy atom. The van der Waals surface area contributed by atoms with Gasteiger partial charge in [0.25, 0.3) is 0 Å². The van der Waals surface area contributed by atoms with Crippen molar-refractivity contribution < 1.29 is 4.74 Å². The van der Waals surface area contributed by atoms with Gasteiger partial charge in [-0.05, 0) is 50.4 Å². The maximum absolute atomic E-state index is 6.44. The van der Waals surface area contributed by atoms with E-state index in [9.17, 15) is 0 Å². The van der Waals surface area contributed by atoms with E-state index >= 15 is 0 Å². The zero-order valence-electron chi connectivity index (χ0n) is 9.30. The molecule has 2 rings (SSSR count). The summed E-state index contributed by atoms with van der Waals surface area (Å²) in [6, 6.07) is 0. The summed E-state index contributed by atoms with van der Waals surface area (Å²) in [6.45, 7) is 4.24. The van der Waals surface area contributed by atoms with Crippen molar-refractivity contribution in [2.75, 3.05) is 13.2 Å². The third kappa shape index (κ3) is 2.48. The van der Waals surface area contributed by atoms with Gasteiger partial charge in [0, 0.05) is 18.8 Å². The Morgan fingerprint density at radius 1 is 1.29 bits per heavy atom. The second kappa shape index (κ2) is 4.19. The molecule has 1 aliphatic heterocycles. The summed E-state index contributed by atoms with van der Waals surface area (Å²) in [5, 5.41) is 0. The van der Waals surface area contributed by atoms with E-state index in [0.717, 1.165) is 25.0 Å². The first-order valence-corrected chi connectivity index (χ1v) is 6.05. The van der Waals surface area contributed by atoms with Crippen LogP contribution in [0.1, 0.15) is 45.4 Å². The van der Waals surface area contributed by atoms with Gasteiger partial charge in [-0.25, -0.2) is 0 Å². The molecule has 0 radical (unpaired) electrons. The molecule has 1 aliphatic carbocycles. The fraction of sp³-hybridized carbons (Fsp3) is 1.00. The summed E-state index contributed by atoms with van der Waals surface area (Å²) in [6.07, 6.45) is 7.51. The van der Waals surface area contributed by atoms with Crippen LogP contribution in [0, 0.1) is 11.8 Å². The molecule has 1 saturated heterocycles. The fourth-order valence-corrected chi connectivity index (χ4v) is 3.14. The zero-order valence-corrected chi connectivity index (χ0v) is 9.30. The molecule has 0 bridgehead atoms. The molecule has 2 atom stereocenters. The van der Waals surface area contributed by atoms with Crippen molar-refractivity contribution in [3.05, 3.63) is 0 Å². The summed E-state index contributed by atoms with van der Waals surface area (Å²) in [7, 11) is 0. The van der Waals surface area contributed by atoms with Gasteiger partial charge in [0.2, 0.25) is 0 Å². The van der Waals surface area contributed by atoms with Crippen LogP contribution in [-0.2, 0) is 4.74 Å². The molecule has 0 amide bonds. The molecule has 82 valence electrons. The number of hydrogen-bond acceptors (Lipinski definition) is 2. The lowest BCUT2D eigenvalue weighted by molar-refractivity contribution is 0.0562. The Morgan fingerprint density at radius 3 is 2.57 bits per heavy atom. The number of ether oxygens (including phenoxy) is 1. The summed E-state index contributed by atoms with van der Waals surface area (Å²) in [4.78, 5) is 0. The first-order valence-electron chi connectivity index (χ1n) is 6.05. The molecule has 1 heterocycles. The number of nitrogens with two attached hydrogens (primary N) is 1. The largest absolute Gasteiger partial charge is 0.381 e. The van der Waals surface area contributed by atoms with Gasteiger partial charge in [0.1, 0.15) is 0 Å². The first-order chi connectivity index (χ1) is 6.68. The van der Waals surface area contributed by atoms with Gasteiger partial charge in [0.15, 0.2) is 0 Å². The molecule has 2 N–H and O–H groups in total. The van der Waals surface area contributed by atoms with Crippen molar-refractivity contribution in [1.29, 1.82) is 0 Å². The highest BCUT2D eigenvalue weighted by atomic mass is 16.5. The average Bonchev–Trinajstić information content (AvgIpc) is 2.47. The minimum Gasteiger partial charge on any atom is -0.381 e. The Labute approximate surface area is 87.2 Å². The van der Waals surface area contributed by atoms with Gasteiger partial charge in [-0.15, -0.1) is 0 Å². The minimum absolute atomic E-state index is 0.168. The lowest BCUT2D eigenvalue weighted by atomic mass is 9.82. The van der Waals surface area contributed by atoms with Gasteiger partial charge in [-0.1, -0.05) is 6.92 Å². The molecular formula is C12H23NO. The normalized spacial score (nSPS) is 40.3. The summed E-state index contributed by atoms with van der Waals surface area (Å²) >= 11 is 0. The molecular weight excluding hydrogens is 174 g/mol. The molecule has 2 unspecified atom stereocenters. The highest BCUT2D eigenvalue weighted by Gasteiger charge is 2.35. The highest BCUT2D eigenvalue weighted by molar-refractivity contribution is 4.93. The van der Waals surface area contributed by atoms with Crippen LogP contribution in [0.15, 0.2) is 0 Å². The second-order valence-electron chi connectivity index (χ2n) is 5.47. The number of rotatable bonds is 2. The van der Waals surface area contributed by atoms with Gasteiger partial charge < -0.3 is 10.5 Å². The Hall–Kier alpha value is -0.0800. The third-order valence-electron chi connectivity index (χ3n) is 3.93. The molecule has 2 fully saturated rings. The molecule has 2 aliphatic rings. The van der Waals surface area contributed by atoms with Crippen LogP contribution >= 0.6 is 0 Å². The Balaban J connectivity index is 1.83. The quantitative estimate of drug-likeness (QED) is 0.737. The molecule has 0 aromatic heterocycles. The van der Waals surface area contributed by atoms with Crippen LogP contribution in [-0.4, -0.2) is 18.8 Å². The van der Waals surface area contributed by atoms with E-state index < -0.39 is 0 Å². The van der Waals surface area contributed by atoms with Crippen molar-refractivity contribution in [1.82, 2.24) is 0 Å². The Kier molecular flexibility index (Phi) is 3.13. The zero-order chi connectivity index (χ0) is 10.0. The summed E-state index contributed by atoms with van der Waals surface area (Å²) in [5.74, 6) is 1.68. The first kappa shape index (κ1) is 10.4. The van der Waals surface area contributed by atoms with Gasteiger partial charge in [-0.2, -0.15) is 0 Å². The molecule has 1 saturated carbocycles. The van der Waals surface area contributed by atoms with Crippen LogP contribution < -0.4 is 5.73 Å². The molecule has 0 spiro atoms. The van der Waals surface area contributed by atoms with E-state index in [2.05, 4.69) is 6.92 Å². The van der Waals surface area contributed by atoms with E-state index in [4.69, 9.17) is 10.5 Å². The predicted molar refractivity (Wildman–Crippen MR) is 58.1 cm³/mol. The van der Waals surface area contributed by atoms with Gasteiger partial charge in [0.05, 0.1) is 0 Å². The maximum Gasteiger partial charge on any atom is 0.0468 e. The van der Waals surface area contributed by atoms with Gasteiger partial charge >= 0.3 is 0 Å². The average molecular weight is 197 g/mol. The molecule has 14 heavy (non-hydrogen) atoms. The SMILES string of the molecule is CC1CCC(N)(CC2CCOCC2)C1. The van der Waals surface area contributed by atoms with E-state index in [1.165, 1.54) is 38.5 Å². The smallest absolute Gasteiger partial charge is 0.0468 e. The number of hydrogen-bond donors (Lipinski definition) is 1. The van der Waals surface area contributed by atoms with Crippen LogP contribution in [0.5, 0.6) is 0 Å². The summed E-state index contributed by atoms with van der Waals surface area (Å²) in [5.41, 5.74) is 6.61. The van der Waals surface area contributed by atoms with Crippen LogP contribution in [0.3, 0.4) is 0 Å². The van der Waals surface area contributed by atoms with Crippen molar-refractivity contribution >= 4 is 0 Å². The second-order valence-corrected chi connectivity index (χ2v) is 5.47. The standard InChI is InChI=1S/C12H23NO/c1-10-2-5-12(13,8-10)9-11-3-6-14-7-4-11/h10-11H,2-9,13H2,1H3. The highest BCUT2D eigenvalue weighted by Crippen LogP contribution is 2.38. The van der Waals surface area contributed by atoms with E-state index in [1.54, 1.807) is 0 Å². The molecule has 2 nitrogen and oxygen atoms in total. The minimum atomic E-state index is 0.168. The van der Waals surface area contributed by atoms with Crippen molar-refractivity contribution in [3.63, 3.8) is 0 Å². The monoisotopic (exact) mass is 197 g/mol. The van der Waals surface area contributed by atoms with Crippen LogP contribution in [0.2, 0.25) is 0 Å². The van der Waals surface area contributed by atoms with Gasteiger partial charge in [-0.3, -0.25) is 0 Å². The van der Waals surface area contributed by atoms with E-state index in [1.807, 2.05) is 0 Å². The van der Waals surface area contributed by atoms with Crippen molar-refractivity contribution in [2.45, 2.75) is 51.0 Å². The fourth-order valence-electron chi connectivity index (χ4n) is 3.14. The molecule has 0 aromatic rings. The lowest BCUT2D eigenvalue weighted by Gasteiger charge is -2.31. The third-order valence-corrected chi connectivity index (χ3v) is 3.93. The summed E-state index contributed by atoms with van der Waals surface area (Å²) < 4.78 is 5.38. The van der Waals surface area contributed by atoms with Crippen LogP contribution in [0.4, 0.5) is 0 Å². The van der Waals surface area contributed by atoms with Crippen molar-refractivity contribution in [2.24, 2.45) is 17.6 Å². The molecule has 2 heteroatoms. The predicted octanol–water partition coefficient (Wildman–Crippen LogP) is 2.32. The maximum atomic E-state index is 6.44.